The molecule has 2 aromatic rings. The summed E-state index contributed by atoms with van der Waals surface area (Å²) in [5.41, 5.74) is 0.969. The molecule has 6 nitrogen and oxygen atoms in total. The third-order valence-electron chi connectivity index (χ3n) is 3.63. The fourth-order valence-electron chi connectivity index (χ4n) is 2.31. The number of halogens is 1. The van der Waals surface area contributed by atoms with E-state index in [-0.39, 0.29) is 24.3 Å². The van der Waals surface area contributed by atoms with Crippen LogP contribution in [0, 0.1) is 0 Å². The maximum absolute atomic E-state index is 12.2. The lowest BCUT2D eigenvalue weighted by atomic mass is 10.0. The van der Waals surface area contributed by atoms with Crippen LogP contribution in [0.25, 0.3) is 0 Å². The third kappa shape index (κ3) is 6.25. The molecule has 25 heavy (non-hydrogen) atoms. The number of nitrogens with one attached hydrogen (secondary N) is 2. The quantitative estimate of drug-likeness (QED) is 0.755. The average Bonchev–Trinajstić information content (AvgIpc) is 3.12. The van der Waals surface area contributed by atoms with Crippen molar-refractivity contribution in [2.75, 3.05) is 27.2 Å². The van der Waals surface area contributed by atoms with Gasteiger partial charge in [0.25, 0.3) is 5.91 Å². The van der Waals surface area contributed by atoms with E-state index in [1.807, 2.05) is 31.1 Å². The molecule has 134 valence electrons. The molecule has 0 fully saturated rings. The van der Waals surface area contributed by atoms with Crippen molar-refractivity contribution in [3.8, 4) is 0 Å². The number of hydrogen-bond donors (Lipinski definition) is 2. The summed E-state index contributed by atoms with van der Waals surface area (Å²) in [4.78, 5) is 26.1. The van der Waals surface area contributed by atoms with Crippen LogP contribution >= 0.6 is 11.6 Å². The van der Waals surface area contributed by atoms with Crippen LogP contribution in [-0.2, 0) is 4.79 Å². The van der Waals surface area contributed by atoms with Gasteiger partial charge in [-0.15, -0.1) is 0 Å². The minimum absolute atomic E-state index is 0.119. The summed E-state index contributed by atoms with van der Waals surface area (Å²) in [5.74, 6) is -0.509. The van der Waals surface area contributed by atoms with Crippen molar-refractivity contribution in [2.45, 2.75) is 12.5 Å². The summed E-state index contributed by atoms with van der Waals surface area (Å²) >= 11 is 5.93. The van der Waals surface area contributed by atoms with Crippen LogP contribution in [0.5, 0.6) is 0 Å². The lowest BCUT2D eigenvalue weighted by Crippen LogP contribution is -2.39. The summed E-state index contributed by atoms with van der Waals surface area (Å²) in [6, 6.07) is 10.4. The van der Waals surface area contributed by atoms with Gasteiger partial charge in [-0.25, -0.2) is 0 Å². The topological polar surface area (TPSA) is 74.6 Å². The smallest absolute Gasteiger partial charge is 0.287 e. The fraction of sp³-hybridized carbons (Fsp3) is 0.333. The molecule has 1 heterocycles. The maximum atomic E-state index is 12.2. The summed E-state index contributed by atoms with van der Waals surface area (Å²) in [6.45, 7) is 0.692. The van der Waals surface area contributed by atoms with Crippen LogP contribution in [0.2, 0.25) is 5.02 Å². The number of amides is 2. The van der Waals surface area contributed by atoms with Crippen molar-refractivity contribution in [2.24, 2.45) is 0 Å². The van der Waals surface area contributed by atoms with E-state index in [0.29, 0.717) is 5.02 Å². The van der Waals surface area contributed by atoms with Gasteiger partial charge in [0.15, 0.2) is 5.76 Å². The molecule has 2 amide bonds. The van der Waals surface area contributed by atoms with Crippen molar-refractivity contribution < 1.29 is 14.0 Å². The summed E-state index contributed by atoms with van der Waals surface area (Å²) in [7, 11) is 3.95. The Balaban J connectivity index is 1.94. The number of hydrogen-bond acceptors (Lipinski definition) is 4. The number of rotatable bonds is 8. The molecule has 1 aromatic heterocycles. The number of furan rings is 1. The molecule has 0 saturated heterocycles. The second-order valence-corrected chi connectivity index (χ2v) is 6.36. The first kappa shape index (κ1) is 19.0. The normalized spacial score (nSPS) is 12.0. The first-order valence-electron chi connectivity index (χ1n) is 7.97. The molecule has 0 radical (unpaired) electrons. The highest BCUT2D eigenvalue weighted by molar-refractivity contribution is 6.30. The number of carbonyl (C=O) groups is 2. The lowest BCUT2D eigenvalue weighted by molar-refractivity contribution is -0.120. The van der Waals surface area contributed by atoms with Crippen molar-refractivity contribution >= 4 is 23.4 Å². The summed E-state index contributed by atoms with van der Waals surface area (Å²) in [5, 5.41) is 6.14. The van der Waals surface area contributed by atoms with Gasteiger partial charge in [0, 0.05) is 5.02 Å². The van der Waals surface area contributed by atoms with Gasteiger partial charge in [-0.3, -0.25) is 9.59 Å². The van der Waals surface area contributed by atoms with E-state index in [4.69, 9.17) is 16.0 Å². The Morgan fingerprint density at radius 1 is 1.20 bits per heavy atom. The molecule has 0 bridgehead atoms. The van der Waals surface area contributed by atoms with Crippen LogP contribution in [0.3, 0.4) is 0 Å². The summed E-state index contributed by atoms with van der Waals surface area (Å²) in [6.07, 6.45) is 2.15. The number of carbonyl (C=O) groups excluding carboxylic acids is 2. The Morgan fingerprint density at radius 3 is 2.52 bits per heavy atom. The van der Waals surface area contributed by atoms with E-state index in [9.17, 15) is 9.59 Å². The van der Waals surface area contributed by atoms with Crippen molar-refractivity contribution in [3.05, 3.63) is 59.0 Å². The molecule has 1 atom stereocenters. The minimum atomic E-state index is -0.420. The molecule has 2 N–H and O–H groups in total. The fourth-order valence-corrected chi connectivity index (χ4v) is 2.43. The second kappa shape index (κ2) is 9.25. The van der Waals surface area contributed by atoms with E-state index in [1.165, 1.54) is 6.26 Å². The highest BCUT2D eigenvalue weighted by atomic mass is 35.5. The highest BCUT2D eigenvalue weighted by Crippen LogP contribution is 2.19. The van der Waals surface area contributed by atoms with Gasteiger partial charge in [0.2, 0.25) is 5.91 Å². The molecule has 2 rings (SSSR count). The predicted molar refractivity (Wildman–Crippen MR) is 96.5 cm³/mol. The molecular weight excluding hydrogens is 342 g/mol. The Kier molecular flexibility index (Phi) is 7.03. The third-order valence-corrected chi connectivity index (χ3v) is 3.88. The first-order valence-corrected chi connectivity index (χ1v) is 8.35. The van der Waals surface area contributed by atoms with Gasteiger partial charge in [0.1, 0.15) is 0 Å². The highest BCUT2D eigenvalue weighted by Gasteiger charge is 2.16. The Bertz CT molecular complexity index is 684. The SMILES string of the molecule is CN(C)CCC(NC(=O)CNC(=O)c1ccco1)c1ccc(Cl)cc1. The average molecular weight is 364 g/mol. The molecule has 0 spiro atoms. The van der Waals surface area contributed by atoms with Crippen LogP contribution in [0.1, 0.15) is 28.6 Å². The molecular formula is C18H22ClN3O3. The van der Waals surface area contributed by atoms with Gasteiger partial charge < -0.3 is 20.0 Å². The molecule has 1 unspecified atom stereocenters. The van der Waals surface area contributed by atoms with E-state index >= 15 is 0 Å². The number of nitrogens with zero attached hydrogens (tertiary/aromatic N) is 1. The summed E-state index contributed by atoms with van der Waals surface area (Å²) < 4.78 is 4.99. The monoisotopic (exact) mass is 363 g/mol. The Labute approximate surface area is 152 Å². The number of benzene rings is 1. The Morgan fingerprint density at radius 2 is 1.92 bits per heavy atom. The van der Waals surface area contributed by atoms with E-state index < -0.39 is 5.91 Å². The van der Waals surface area contributed by atoms with Crippen LogP contribution in [0.4, 0.5) is 0 Å². The minimum Gasteiger partial charge on any atom is -0.459 e. The maximum Gasteiger partial charge on any atom is 0.287 e. The van der Waals surface area contributed by atoms with E-state index in [1.54, 1.807) is 24.3 Å². The zero-order valence-corrected chi connectivity index (χ0v) is 15.0. The van der Waals surface area contributed by atoms with Gasteiger partial charge in [-0.2, -0.15) is 0 Å². The predicted octanol–water partition coefficient (Wildman–Crippen LogP) is 2.47. The van der Waals surface area contributed by atoms with Gasteiger partial charge in [-0.05, 0) is 56.9 Å². The molecule has 1 aromatic carbocycles. The van der Waals surface area contributed by atoms with Gasteiger partial charge >= 0.3 is 0 Å². The van der Waals surface area contributed by atoms with E-state index in [2.05, 4.69) is 10.6 Å². The molecule has 0 aliphatic rings. The van der Waals surface area contributed by atoms with Crippen molar-refractivity contribution in [1.29, 1.82) is 0 Å². The first-order chi connectivity index (χ1) is 12.0. The standard InChI is InChI=1S/C18H22ClN3O3/c1-22(2)10-9-15(13-5-7-14(19)8-6-13)21-17(23)12-20-18(24)16-4-3-11-25-16/h3-8,11,15H,9-10,12H2,1-2H3,(H,20,24)(H,21,23). The Hall–Kier alpha value is -2.31. The second-order valence-electron chi connectivity index (χ2n) is 5.92. The zero-order chi connectivity index (χ0) is 18.2. The van der Waals surface area contributed by atoms with Crippen LogP contribution < -0.4 is 10.6 Å². The van der Waals surface area contributed by atoms with Crippen molar-refractivity contribution in [1.82, 2.24) is 15.5 Å². The van der Waals surface area contributed by atoms with E-state index in [0.717, 1.165) is 18.5 Å². The largest absolute Gasteiger partial charge is 0.459 e. The molecule has 0 saturated carbocycles. The molecule has 7 heteroatoms. The molecule has 0 aliphatic carbocycles. The van der Waals surface area contributed by atoms with Crippen LogP contribution in [0.15, 0.2) is 47.1 Å². The van der Waals surface area contributed by atoms with Crippen molar-refractivity contribution in [3.63, 3.8) is 0 Å². The molecule has 0 aliphatic heterocycles. The lowest BCUT2D eigenvalue weighted by Gasteiger charge is -2.21. The van der Waals surface area contributed by atoms with Crippen LogP contribution in [-0.4, -0.2) is 43.9 Å². The van der Waals surface area contributed by atoms with Gasteiger partial charge in [-0.1, -0.05) is 23.7 Å². The van der Waals surface area contributed by atoms with Gasteiger partial charge in [0.05, 0.1) is 18.8 Å². The zero-order valence-electron chi connectivity index (χ0n) is 14.3.